The molecule has 3 aliphatic heterocycles. The molecule has 2 saturated heterocycles. The van der Waals surface area contributed by atoms with Crippen LogP contribution in [-0.2, 0) is 14.4 Å². The number of carbonyl (C=O) groups is 3. The van der Waals surface area contributed by atoms with Gasteiger partial charge >= 0.3 is 5.97 Å². The first kappa shape index (κ1) is 22.5. The highest BCUT2D eigenvalue weighted by Gasteiger charge is 2.36. The van der Waals surface area contributed by atoms with Crippen LogP contribution >= 0.6 is 12.4 Å². The van der Waals surface area contributed by atoms with Crippen molar-refractivity contribution in [3.8, 4) is 11.8 Å². The van der Waals surface area contributed by atoms with E-state index in [0.717, 1.165) is 38.8 Å². The van der Waals surface area contributed by atoms with Crippen molar-refractivity contribution in [2.75, 3.05) is 32.7 Å². The molecule has 0 aromatic heterocycles. The summed E-state index contributed by atoms with van der Waals surface area (Å²) in [5.41, 5.74) is 0. The van der Waals surface area contributed by atoms with Gasteiger partial charge in [-0.3, -0.25) is 9.59 Å². The number of piperidine rings is 2. The number of carbonyl (C=O) groups excluding carboxylic acids is 2. The second-order valence-corrected chi connectivity index (χ2v) is 7.75. The fourth-order valence-electron chi connectivity index (χ4n) is 4.28. The molecule has 1 unspecified atom stereocenters. The van der Waals surface area contributed by atoms with Gasteiger partial charge in [-0.1, -0.05) is 11.8 Å². The van der Waals surface area contributed by atoms with Crippen LogP contribution in [0.2, 0.25) is 0 Å². The van der Waals surface area contributed by atoms with Crippen LogP contribution < -0.4 is 5.32 Å². The van der Waals surface area contributed by atoms with Crippen molar-refractivity contribution in [3.63, 3.8) is 0 Å². The molecule has 7 nitrogen and oxygen atoms in total. The predicted octanol–water partition coefficient (Wildman–Crippen LogP) is 1.12. The quantitative estimate of drug-likeness (QED) is 0.661. The van der Waals surface area contributed by atoms with E-state index in [-0.39, 0.29) is 30.1 Å². The molecule has 3 aliphatic rings. The summed E-state index contributed by atoms with van der Waals surface area (Å²) in [5, 5.41) is 12.7. The molecular weight excluding hydrogens is 382 g/mol. The Hall–Kier alpha value is -1.78. The molecule has 3 rings (SSSR count). The summed E-state index contributed by atoms with van der Waals surface area (Å²) >= 11 is 0. The van der Waals surface area contributed by atoms with Crippen molar-refractivity contribution in [1.29, 1.82) is 0 Å². The maximum Gasteiger partial charge on any atom is 0.339 e. The van der Waals surface area contributed by atoms with E-state index in [1.54, 1.807) is 4.90 Å². The zero-order chi connectivity index (χ0) is 19.2. The number of likely N-dealkylation sites (tertiary alicyclic amines) is 1. The monoisotopic (exact) mass is 411 g/mol. The SMILES string of the molecule is Cl.O=C(O)[C@H]1C#CCCN1C(=O)C1CCCN(C(=O)CCC2CCNCC2)C1. The van der Waals surface area contributed by atoms with Gasteiger partial charge < -0.3 is 20.2 Å². The van der Waals surface area contributed by atoms with Gasteiger partial charge in [0.15, 0.2) is 6.04 Å². The van der Waals surface area contributed by atoms with Crippen molar-refractivity contribution in [1.82, 2.24) is 15.1 Å². The molecule has 0 saturated carbocycles. The van der Waals surface area contributed by atoms with Crippen molar-refractivity contribution in [2.24, 2.45) is 11.8 Å². The lowest BCUT2D eigenvalue weighted by atomic mass is 9.92. The maximum atomic E-state index is 12.9. The fourth-order valence-corrected chi connectivity index (χ4v) is 4.28. The average molecular weight is 412 g/mol. The van der Waals surface area contributed by atoms with E-state index < -0.39 is 12.0 Å². The first-order valence-corrected chi connectivity index (χ1v) is 10.1. The second kappa shape index (κ2) is 10.7. The lowest BCUT2D eigenvalue weighted by molar-refractivity contribution is -0.151. The van der Waals surface area contributed by atoms with Crippen molar-refractivity contribution < 1.29 is 19.5 Å². The van der Waals surface area contributed by atoms with Gasteiger partial charge in [-0.05, 0) is 51.1 Å². The molecule has 8 heteroatoms. The standard InChI is InChI=1S/C20H29N3O4.ClH/c24-18(7-6-15-8-10-21-11-9-15)22-12-3-4-16(14-22)19(25)23-13-2-1-5-17(23)20(26)27;/h15-17,21H,2-4,6-14H2,(H,26,27);1H/t16?,17-;/m1./s1. The maximum absolute atomic E-state index is 12.9. The van der Waals surface area contributed by atoms with Gasteiger partial charge in [-0.15, -0.1) is 12.4 Å². The molecule has 0 aliphatic carbocycles. The minimum absolute atomic E-state index is 0. The van der Waals surface area contributed by atoms with Crippen LogP contribution in [0.15, 0.2) is 0 Å². The van der Waals surface area contributed by atoms with Gasteiger partial charge in [0.25, 0.3) is 0 Å². The third kappa shape index (κ3) is 5.62. The Morgan fingerprint density at radius 1 is 1.11 bits per heavy atom. The summed E-state index contributed by atoms with van der Waals surface area (Å²) in [6.45, 7) is 3.51. The normalized spacial score (nSPS) is 25.3. The molecule has 0 bridgehead atoms. The van der Waals surface area contributed by atoms with E-state index in [4.69, 9.17) is 0 Å². The van der Waals surface area contributed by atoms with Crippen LogP contribution in [-0.4, -0.2) is 71.5 Å². The molecule has 2 N–H and O–H groups in total. The Morgan fingerprint density at radius 2 is 1.86 bits per heavy atom. The Kier molecular flexibility index (Phi) is 8.58. The van der Waals surface area contributed by atoms with E-state index in [1.807, 2.05) is 0 Å². The molecule has 2 atom stereocenters. The van der Waals surface area contributed by atoms with Gasteiger partial charge in [-0.25, -0.2) is 4.79 Å². The van der Waals surface area contributed by atoms with Crippen LogP contribution in [0.3, 0.4) is 0 Å². The number of nitrogens with one attached hydrogen (secondary N) is 1. The first-order chi connectivity index (χ1) is 13.1. The minimum atomic E-state index is -1.08. The molecule has 2 amide bonds. The highest BCUT2D eigenvalue weighted by Crippen LogP contribution is 2.23. The Balaban J connectivity index is 0.00000280. The molecule has 2 fully saturated rings. The van der Waals surface area contributed by atoms with Gasteiger partial charge in [0.1, 0.15) is 0 Å². The van der Waals surface area contributed by atoms with E-state index in [9.17, 15) is 19.5 Å². The topological polar surface area (TPSA) is 90.0 Å². The Labute approximate surface area is 172 Å². The van der Waals surface area contributed by atoms with Crippen LogP contribution in [0.4, 0.5) is 0 Å². The minimum Gasteiger partial charge on any atom is -0.479 e. The third-order valence-electron chi connectivity index (χ3n) is 5.89. The number of amides is 2. The largest absolute Gasteiger partial charge is 0.479 e. The number of hydrogen-bond acceptors (Lipinski definition) is 4. The summed E-state index contributed by atoms with van der Waals surface area (Å²) in [7, 11) is 0. The molecule has 156 valence electrons. The molecule has 0 aromatic carbocycles. The molecule has 28 heavy (non-hydrogen) atoms. The van der Waals surface area contributed by atoms with Gasteiger partial charge in [-0.2, -0.15) is 0 Å². The molecule has 0 aromatic rings. The van der Waals surface area contributed by atoms with Crippen molar-refractivity contribution in [3.05, 3.63) is 0 Å². The first-order valence-electron chi connectivity index (χ1n) is 10.1. The molecule has 0 spiro atoms. The zero-order valence-corrected chi connectivity index (χ0v) is 17.0. The lowest BCUT2D eigenvalue weighted by Gasteiger charge is -2.36. The average Bonchev–Trinajstić information content (AvgIpc) is 2.72. The van der Waals surface area contributed by atoms with Crippen molar-refractivity contribution in [2.45, 2.75) is 51.0 Å². The number of carboxylic acid groups (broad SMARTS) is 1. The zero-order valence-electron chi connectivity index (χ0n) is 16.2. The van der Waals surface area contributed by atoms with Crippen LogP contribution in [0.1, 0.15) is 44.9 Å². The highest BCUT2D eigenvalue weighted by molar-refractivity contribution is 5.88. The van der Waals surface area contributed by atoms with Crippen LogP contribution in [0, 0.1) is 23.7 Å². The smallest absolute Gasteiger partial charge is 0.339 e. The van der Waals surface area contributed by atoms with Gasteiger partial charge in [0.05, 0.1) is 5.92 Å². The fraction of sp³-hybridized carbons (Fsp3) is 0.750. The molecular formula is C20H30ClN3O4. The van der Waals surface area contributed by atoms with E-state index in [0.29, 0.717) is 44.8 Å². The van der Waals surface area contributed by atoms with Crippen molar-refractivity contribution >= 4 is 30.2 Å². The Morgan fingerprint density at radius 3 is 2.57 bits per heavy atom. The molecule has 3 heterocycles. The van der Waals surface area contributed by atoms with Gasteiger partial charge in [0.2, 0.25) is 11.8 Å². The number of carboxylic acids is 1. The summed E-state index contributed by atoms with van der Waals surface area (Å²) in [4.78, 5) is 40.1. The van der Waals surface area contributed by atoms with Crippen LogP contribution in [0.5, 0.6) is 0 Å². The van der Waals surface area contributed by atoms with E-state index in [1.165, 1.54) is 4.90 Å². The third-order valence-corrected chi connectivity index (χ3v) is 5.89. The molecule has 0 radical (unpaired) electrons. The van der Waals surface area contributed by atoms with E-state index >= 15 is 0 Å². The summed E-state index contributed by atoms with van der Waals surface area (Å²) in [5.74, 6) is 4.60. The number of halogens is 1. The highest BCUT2D eigenvalue weighted by atomic mass is 35.5. The second-order valence-electron chi connectivity index (χ2n) is 7.75. The lowest BCUT2D eigenvalue weighted by Crippen LogP contribution is -2.52. The number of nitrogens with zero attached hydrogens (tertiary/aromatic N) is 2. The number of aliphatic carboxylic acids is 1. The van der Waals surface area contributed by atoms with Crippen LogP contribution in [0.25, 0.3) is 0 Å². The summed E-state index contributed by atoms with van der Waals surface area (Å²) in [6.07, 6.45) is 5.69. The predicted molar refractivity (Wildman–Crippen MR) is 107 cm³/mol. The van der Waals surface area contributed by atoms with E-state index in [2.05, 4.69) is 17.2 Å². The number of hydrogen-bond donors (Lipinski definition) is 2. The Bertz CT molecular complexity index is 639. The number of rotatable bonds is 5. The summed E-state index contributed by atoms with van der Waals surface area (Å²) in [6, 6.07) is -1.06. The van der Waals surface area contributed by atoms with Gasteiger partial charge in [0, 0.05) is 32.5 Å². The summed E-state index contributed by atoms with van der Waals surface area (Å²) < 4.78 is 0.